The van der Waals surface area contributed by atoms with Gasteiger partial charge in [0.25, 0.3) is 5.69 Å². The summed E-state index contributed by atoms with van der Waals surface area (Å²) in [5.74, 6) is -0.224. The molecule has 29 heavy (non-hydrogen) atoms. The minimum atomic E-state index is -3.63. The van der Waals surface area contributed by atoms with Gasteiger partial charge < -0.3 is 10.2 Å². The molecular weight excluding hydrogens is 396 g/mol. The first-order valence-corrected chi connectivity index (χ1v) is 10.6. The number of quaternary nitrogens is 1. The molecule has 0 aliphatic carbocycles. The third-order valence-electron chi connectivity index (χ3n) is 4.87. The Labute approximate surface area is 169 Å². The number of nitrogens with one attached hydrogen (secondary N) is 2. The molecule has 154 valence electrons. The largest absolute Gasteiger partial charge is 0.329 e. The number of nitrogens with zero attached hydrogens (tertiary/aromatic N) is 2. The molecule has 0 atom stereocenters. The van der Waals surface area contributed by atoms with E-state index in [1.165, 1.54) is 29.4 Å². The molecule has 0 saturated carbocycles. The first kappa shape index (κ1) is 20.9. The standard InChI is InChI=1S/C19H22N4O5S/c1-15(24)20-17-6-8-18(9-7-17)29(27,28)22-12-10-21(11-13-22)14-16-4-2-3-5-19(16)23(25)26/h2-9H,10-14H2,1H3,(H,20,24)/p+1. The second-order valence-corrected chi connectivity index (χ2v) is 8.86. The number of sulfonamides is 1. The summed E-state index contributed by atoms with van der Waals surface area (Å²) in [6.45, 7) is 3.68. The van der Waals surface area contributed by atoms with Crippen LogP contribution in [0.3, 0.4) is 0 Å². The molecule has 2 aromatic carbocycles. The number of amides is 1. The number of piperazine rings is 1. The minimum Gasteiger partial charge on any atom is -0.329 e. The third-order valence-corrected chi connectivity index (χ3v) is 6.78. The van der Waals surface area contributed by atoms with E-state index in [1.807, 2.05) is 0 Å². The topological polar surface area (TPSA) is 114 Å². The van der Waals surface area contributed by atoms with E-state index >= 15 is 0 Å². The Kier molecular flexibility index (Phi) is 6.26. The van der Waals surface area contributed by atoms with E-state index in [4.69, 9.17) is 0 Å². The third kappa shape index (κ3) is 4.97. The van der Waals surface area contributed by atoms with Crippen molar-refractivity contribution in [2.24, 2.45) is 0 Å². The summed E-state index contributed by atoms with van der Waals surface area (Å²) in [7, 11) is -3.63. The number of rotatable bonds is 6. The van der Waals surface area contributed by atoms with Gasteiger partial charge in [-0.25, -0.2) is 8.42 Å². The molecular formula is C19H23N4O5S+. The number of hydrogen-bond donors (Lipinski definition) is 2. The molecule has 0 spiro atoms. The van der Waals surface area contributed by atoms with Crippen LogP contribution in [0.25, 0.3) is 0 Å². The number of para-hydroxylation sites is 1. The Bertz CT molecular complexity index is 1000. The molecule has 0 aromatic heterocycles. The molecule has 0 unspecified atom stereocenters. The summed E-state index contributed by atoms with van der Waals surface area (Å²) >= 11 is 0. The van der Waals surface area contributed by atoms with Gasteiger partial charge in [0, 0.05) is 18.7 Å². The highest BCUT2D eigenvalue weighted by Crippen LogP contribution is 2.19. The van der Waals surface area contributed by atoms with Crippen molar-refractivity contribution in [3.8, 4) is 0 Å². The van der Waals surface area contributed by atoms with Crippen molar-refractivity contribution in [3.63, 3.8) is 0 Å². The van der Waals surface area contributed by atoms with Gasteiger partial charge in [-0.15, -0.1) is 0 Å². The van der Waals surface area contributed by atoms with Gasteiger partial charge in [-0.2, -0.15) is 4.31 Å². The number of hydrogen-bond acceptors (Lipinski definition) is 5. The van der Waals surface area contributed by atoms with Crippen LogP contribution >= 0.6 is 0 Å². The summed E-state index contributed by atoms with van der Waals surface area (Å²) in [5.41, 5.74) is 1.28. The van der Waals surface area contributed by atoms with Gasteiger partial charge in [-0.1, -0.05) is 12.1 Å². The minimum absolute atomic E-state index is 0.0920. The van der Waals surface area contributed by atoms with Crippen molar-refractivity contribution in [1.82, 2.24) is 4.31 Å². The SMILES string of the molecule is CC(=O)Nc1ccc(S(=O)(=O)N2CC[NH+](Cc3ccccc3[N+](=O)[O-])CC2)cc1. The van der Waals surface area contributed by atoms with Gasteiger partial charge in [-0.3, -0.25) is 14.9 Å². The predicted molar refractivity (Wildman–Crippen MR) is 107 cm³/mol. The summed E-state index contributed by atoms with van der Waals surface area (Å²) in [5, 5.41) is 13.8. The van der Waals surface area contributed by atoms with Crippen LogP contribution in [0.5, 0.6) is 0 Å². The van der Waals surface area contributed by atoms with Gasteiger partial charge in [-0.05, 0) is 30.3 Å². The van der Waals surface area contributed by atoms with Crippen LogP contribution in [0.4, 0.5) is 11.4 Å². The summed E-state index contributed by atoms with van der Waals surface area (Å²) < 4.78 is 27.2. The van der Waals surface area contributed by atoms with Crippen LogP contribution in [0.15, 0.2) is 53.4 Å². The zero-order valence-corrected chi connectivity index (χ0v) is 16.8. The molecule has 1 aliphatic heterocycles. The van der Waals surface area contributed by atoms with Gasteiger partial charge >= 0.3 is 0 Å². The molecule has 1 fully saturated rings. The molecule has 2 aromatic rings. The number of benzene rings is 2. The summed E-state index contributed by atoms with van der Waals surface area (Å²) in [6.07, 6.45) is 0. The molecule has 0 radical (unpaired) electrons. The highest BCUT2D eigenvalue weighted by Gasteiger charge is 2.31. The van der Waals surface area contributed by atoms with Crippen LogP contribution < -0.4 is 10.2 Å². The molecule has 1 aliphatic rings. The van der Waals surface area contributed by atoms with E-state index in [2.05, 4.69) is 5.32 Å². The van der Waals surface area contributed by atoms with E-state index in [9.17, 15) is 23.3 Å². The van der Waals surface area contributed by atoms with Crippen molar-refractivity contribution in [2.75, 3.05) is 31.5 Å². The number of nitro groups is 1. The van der Waals surface area contributed by atoms with Crippen molar-refractivity contribution in [2.45, 2.75) is 18.4 Å². The van der Waals surface area contributed by atoms with E-state index in [-0.39, 0.29) is 21.4 Å². The van der Waals surface area contributed by atoms with Crippen molar-refractivity contribution in [1.29, 1.82) is 0 Å². The lowest BCUT2D eigenvalue weighted by molar-refractivity contribution is -0.917. The van der Waals surface area contributed by atoms with Gasteiger partial charge in [0.1, 0.15) is 6.54 Å². The van der Waals surface area contributed by atoms with Crippen molar-refractivity contribution < 1.29 is 23.0 Å². The van der Waals surface area contributed by atoms with Gasteiger partial charge in [0.15, 0.2) is 0 Å². The highest BCUT2D eigenvalue weighted by molar-refractivity contribution is 7.89. The van der Waals surface area contributed by atoms with E-state index < -0.39 is 10.0 Å². The second kappa shape index (κ2) is 8.68. The fourth-order valence-corrected chi connectivity index (χ4v) is 4.83. The van der Waals surface area contributed by atoms with E-state index in [1.54, 1.807) is 30.3 Å². The Morgan fingerprint density at radius 2 is 1.76 bits per heavy atom. The number of carbonyl (C=O) groups excluding carboxylic acids is 1. The first-order chi connectivity index (χ1) is 13.8. The van der Waals surface area contributed by atoms with Crippen LogP contribution in [0.2, 0.25) is 0 Å². The van der Waals surface area contributed by atoms with E-state index in [0.717, 1.165) is 4.90 Å². The quantitative estimate of drug-likeness (QED) is 0.527. The lowest BCUT2D eigenvalue weighted by atomic mass is 10.1. The smallest absolute Gasteiger partial charge is 0.278 e. The maximum atomic E-state index is 12.9. The number of carbonyl (C=O) groups is 1. The summed E-state index contributed by atoms with van der Waals surface area (Å²) in [6, 6.07) is 12.7. The van der Waals surface area contributed by atoms with Crippen molar-refractivity contribution in [3.05, 3.63) is 64.2 Å². The molecule has 1 saturated heterocycles. The highest BCUT2D eigenvalue weighted by atomic mass is 32.2. The Morgan fingerprint density at radius 3 is 2.34 bits per heavy atom. The average molecular weight is 419 g/mol. The fraction of sp³-hybridized carbons (Fsp3) is 0.316. The zero-order valence-electron chi connectivity index (χ0n) is 16.0. The van der Waals surface area contributed by atoms with Gasteiger partial charge in [0.05, 0.1) is 41.6 Å². The fourth-order valence-electron chi connectivity index (χ4n) is 3.39. The zero-order chi connectivity index (χ0) is 21.0. The molecule has 0 bridgehead atoms. The van der Waals surface area contributed by atoms with Gasteiger partial charge in [0.2, 0.25) is 15.9 Å². The van der Waals surface area contributed by atoms with E-state index in [0.29, 0.717) is 44.0 Å². The molecule has 9 nitrogen and oxygen atoms in total. The summed E-state index contributed by atoms with van der Waals surface area (Å²) in [4.78, 5) is 23.1. The maximum absolute atomic E-state index is 12.9. The average Bonchev–Trinajstić information content (AvgIpc) is 2.68. The monoisotopic (exact) mass is 419 g/mol. The Hall–Kier alpha value is -2.82. The lowest BCUT2D eigenvalue weighted by Crippen LogP contribution is -3.13. The van der Waals surface area contributed by atoms with Crippen LogP contribution in [-0.2, 0) is 21.4 Å². The Morgan fingerprint density at radius 1 is 1.14 bits per heavy atom. The molecule has 10 heteroatoms. The first-order valence-electron chi connectivity index (χ1n) is 9.21. The molecule has 1 amide bonds. The molecule has 2 N–H and O–H groups in total. The Balaban J connectivity index is 1.64. The maximum Gasteiger partial charge on any atom is 0.278 e. The van der Waals surface area contributed by atoms with Crippen LogP contribution in [0, 0.1) is 10.1 Å². The number of nitro benzene ring substituents is 1. The van der Waals surface area contributed by atoms with Crippen molar-refractivity contribution >= 4 is 27.3 Å². The van der Waals surface area contributed by atoms with Crippen LogP contribution in [-0.4, -0.2) is 49.7 Å². The van der Waals surface area contributed by atoms with Crippen LogP contribution in [0.1, 0.15) is 12.5 Å². The number of anilines is 1. The predicted octanol–water partition coefficient (Wildman–Crippen LogP) is 0.643. The lowest BCUT2D eigenvalue weighted by Gasteiger charge is -2.31. The second-order valence-electron chi connectivity index (χ2n) is 6.92. The molecule has 3 rings (SSSR count). The molecule has 1 heterocycles. The normalized spacial score (nSPS) is 15.8.